The number of imide groups is 1. The molecule has 1 aromatic heterocycles. The Bertz CT molecular complexity index is 1200. The number of carbonyl (C=O) groups excluding carboxylic acids is 3. The van der Waals surface area contributed by atoms with Gasteiger partial charge in [0.15, 0.2) is 0 Å². The Labute approximate surface area is 224 Å². The summed E-state index contributed by atoms with van der Waals surface area (Å²) in [5.41, 5.74) is -4.50. The van der Waals surface area contributed by atoms with E-state index in [-0.39, 0.29) is 22.0 Å². The molecule has 0 saturated carbocycles. The van der Waals surface area contributed by atoms with E-state index in [1.54, 1.807) is 6.07 Å². The zero-order chi connectivity index (χ0) is 30.5. The summed E-state index contributed by atoms with van der Waals surface area (Å²) in [7, 11) is 0.905. The minimum absolute atomic E-state index is 0.0396. The predicted octanol–water partition coefficient (Wildman–Crippen LogP) is 4.79. The number of alkyl halides is 6. The van der Waals surface area contributed by atoms with E-state index in [9.17, 15) is 40.7 Å². The van der Waals surface area contributed by atoms with E-state index in [0.29, 0.717) is 19.2 Å². The van der Waals surface area contributed by atoms with Gasteiger partial charge in [0, 0.05) is 5.54 Å². The molecule has 0 bridgehead atoms. The Morgan fingerprint density at radius 3 is 2.10 bits per heavy atom. The number of ether oxygens (including phenoxy) is 2. The summed E-state index contributed by atoms with van der Waals surface area (Å²) in [6.07, 6.45) is -11.8. The van der Waals surface area contributed by atoms with Crippen molar-refractivity contribution < 1.29 is 55.0 Å². The molecule has 2 aromatic rings. The van der Waals surface area contributed by atoms with Gasteiger partial charge >= 0.3 is 24.4 Å². The first-order valence-corrected chi connectivity index (χ1v) is 11.3. The predicted molar refractivity (Wildman–Crippen MR) is 126 cm³/mol. The van der Waals surface area contributed by atoms with Gasteiger partial charge < -0.3 is 14.3 Å². The van der Waals surface area contributed by atoms with Crippen LogP contribution in [0.4, 0.5) is 36.8 Å². The molecule has 1 atom stereocenters. The number of rotatable bonds is 8. The highest BCUT2D eigenvalue weighted by Crippen LogP contribution is 2.38. The van der Waals surface area contributed by atoms with E-state index in [1.165, 1.54) is 45.0 Å². The van der Waals surface area contributed by atoms with Crippen molar-refractivity contribution in [2.75, 3.05) is 12.0 Å². The van der Waals surface area contributed by atoms with Crippen molar-refractivity contribution in [1.29, 1.82) is 0 Å². The van der Waals surface area contributed by atoms with Crippen LogP contribution in [0, 0.1) is 0 Å². The van der Waals surface area contributed by atoms with Gasteiger partial charge in [-0.25, -0.2) is 14.7 Å². The number of aromatic nitrogens is 1. The van der Waals surface area contributed by atoms with Crippen molar-refractivity contribution in [2.24, 2.45) is 0 Å². The van der Waals surface area contributed by atoms with Crippen LogP contribution in [0.5, 0.6) is 5.88 Å². The van der Waals surface area contributed by atoms with Crippen LogP contribution in [0.3, 0.4) is 0 Å². The highest BCUT2D eigenvalue weighted by molar-refractivity contribution is 6.03. The molecule has 10 nitrogen and oxygen atoms in total. The first-order valence-electron chi connectivity index (χ1n) is 11.3. The first kappa shape index (κ1) is 32.3. The molecular formula is C24H26F6N4O6. The number of hydrogen-bond acceptors (Lipinski definition) is 8. The first-order chi connectivity index (χ1) is 18.3. The number of amides is 3. The number of hydrazine groups is 1. The standard InChI is InChI=1S/C24H26F6N4O6/c1-21(2,3)32-34(19(36)22(4,24(28,29)30)39-13-15-9-7-6-8-10-15)40-20(37)33(14-35)16-11-17(23(25,26)27)18(38-5)31-12-16/h6-12,14,32H,13H2,1-5H3. The third kappa shape index (κ3) is 7.81. The number of methoxy groups -OCH3 is 1. The van der Waals surface area contributed by atoms with Gasteiger partial charge in [-0.2, -0.15) is 31.8 Å². The third-order valence-corrected chi connectivity index (χ3v) is 5.03. The molecule has 2 rings (SSSR count). The number of hydroxylamine groups is 1. The maximum absolute atomic E-state index is 14.2. The molecule has 0 fully saturated rings. The number of halogens is 6. The van der Waals surface area contributed by atoms with Crippen LogP contribution < -0.4 is 15.1 Å². The minimum Gasteiger partial charge on any atom is -0.481 e. The van der Waals surface area contributed by atoms with Crippen LogP contribution in [-0.4, -0.2) is 53.0 Å². The smallest absolute Gasteiger partial charge is 0.446 e. The minimum atomic E-state index is -5.34. The molecule has 0 aliphatic heterocycles. The van der Waals surface area contributed by atoms with E-state index in [1.807, 2.05) is 0 Å². The summed E-state index contributed by atoms with van der Waals surface area (Å²) in [4.78, 5) is 45.9. The fourth-order valence-electron chi connectivity index (χ4n) is 2.95. The lowest BCUT2D eigenvalue weighted by molar-refractivity contribution is -0.284. The van der Waals surface area contributed by atoms with Gasteiger partial charge in [0.1, 0.15) is 5.56 Å². The van der Waals surface area contributed by atoms with Crippen molar-refractivity contribution in [2.45, 2.75) is 57.8 Å². The summed E-state index contributed by atoms with van der Waals surface area (Å²) in [6.45, 7) is 3.94. The second-order valence-corrected chi connectivity index (χ2v) is 9.35. The number of carbonyl (C=O) groups is 3. The Morgan fingerprint density at radius 1 is 1.02 bits per heavy atom. The van der Waals surface area contributed by atoms with E-state index in [2.05, 4.69) is 15.1 Å². The molecule has 40 heavy (non-hydrogen) atoms. The van der Waals surface area contributed by atoms with Crippen LogP contribution in [0.25, 0.3) is 0 Å². The molecule has 1 unspecified atom stereocenters. The fraction of sp³-hybridized carbons (Fsp3) is 0.417. The maximum Gasteiger partial charge on any atom is 0.446 e. The normalized spacial score (nSPS) is 13.7. The second kappa shape index (κ2) is 12.1. The molecule has 0 radical (unpaired) electrons. The van der Waals surface area contributed by atoms with Crippen LogP contribution in [0.15, 0.2) is 42.6 Å². The molecule has 16 heteroatoms. The fourth-order valence-corrected chi connectivity index (χ4v) is 2.95. The summed E-state index contributed by atoms with van der Waals surface area (Å²) < 4.78 is 92.2. The molecule has 0 aliphatic carbocycles. The van der Waals surface area contributed by atoms with Gasteiger partial charge in [0.2, 0.25) is 17.9 Å². The van der Waals surface area contributed by atoms with E-state index < -0.39 is 59.2 Å². The second-order valence-electron chi connectivity index (χ2n) is 9.35. The average Bonchev–Trinajstić information content (AvgIpc) is 2.85. The largest absolute Gasteiger partial charge is 0.481 e. The summed E-state index contributed by atoms with van der Waals surface area (Å²) in [5.74, 6) is -2.83. The summed E-state index contributed by atoms with van der Waals surface area (Å²) >= 11 is 0. The Balaban J connectivity index is 2.45. The maximum atomic E-state index is 14.2. The summed E-state index contributed by atoms with van der Waals surface area (Å²) in [6, 6.07) is 7.91. The van der Waals surface area contributed by atoms with Gasteiger partial charge in [-0.15, -0.1) is 0 Å². The number of hydrogen-bond donors (Lipinski definition) is 1. The number of nitrogens with zero attached hydrogens (tertiary/aromatic N) is 3. The molecule has 1 aromatic carbocycles. The molecule has 0 aliphatic rings. The highest BCUT2D eigenvalue weighted by Gasteiger charge is 2.61. The zero-order valence-corrected chi connectivity index (χ0v) is 21.9. The molecule has 0 saturated heterocycles. The van der Waals surface area contributed by atoms with Crippen molar-refractivity contribution in [3.8, 4) is 5.88 Å². The Hall–Kier alpha value is -3.92. The van der Waals surface area contributed by atoms with Crippen molar-refractivity contribution in [3.05, 3.63) is 53.7 Å². The van der Waals surface area contributed by atoms with Crippen LogP contribution in [0.2, 0.25) is 0 Å². The number of anilines is 1. The quantitative estimate of drug-likeness (QED) is 0.270. The van der Waals surface area contributed by atoms with Gasteiger partial charge in [-0.3, -0.25) is 9.59 Å². The van der Waals surface area contributed by atoms with Gasteiger partial charge in [-0.05, 0) is 39.3 Å². The SMILES string of the molecule is COc1ncc(N(C=O)C(=O)ON(NC(C)(C)C)C(=O)C(C)(OCc2ccccc2)C(F)(F)F)cc1C(F)(F)F. The third-order valence-electron chi connectivity index (χ3n) is 5.03. The lowest BCUT2D eigenvalue weighted by atomic mass is 10.0. The van der Waals surface area contributed by atoms with Crippen LogP contribution in [-0.2, 0) is 31.9 Å². The van der Waals surface area contributed by atoms with Crippen molar-refractivity contribution in [1.82, 2.24) is 15.6 Å². The van der Waals surface area contributed by atoms with Gasteiger partial charge in [0.05, 0.1) is 25.6 Å². The number of benzene rings is 1. The summed E-state index contributed by atoms with van der Waals surface area (Å²) in [5, 5.41) is -0.182. The van der Waals surface area contributed by atoms with Gasteiger partial charge in [-0.1, -0.05) is 35.5 Å². The van der Waals surface area contributed by atoms with E-state index in [0.717, 1.165) is 7.11 Å². The molecule has 1 N–H and O–H groups in total. The molecular weight excluding hydrogens is 554 g/mol. The van der Waals surface area contributed by atoms with Gasteiger partial charge in [0.25, 0.3) is 0 Å². The molecule has 1 heterocycles. The lowest BCUT2D eigenvalue weighted by Crippen LogP contribution is -2.64. The molecule has 3 amide bonds. The Morgan fingerprint density at radius 2 is 1.62 bits per heavy atom. The number of pyridine rings is 1. The van der Waals surface area contributed by atoms with Crippen LogP contribution in [0.1, 0.15) is 38.8 Å². The monoisotopic (exact) mass is 580 g/mol. The zero-order valence-electron chi connectivity index (χ0n) is 21.9. The lowest BCUT2D eigenvalue weighted by Gasteiger charge is -2.37. The van der Waals surface area contributed by atoms with Crippen LogP contribution >= 0.6 is 0 Å². The molecule has 0 spiro atoms. The van der Waals surface area contributed by atoms with E-state index in [4.69, 9.17) is 9.57 Å². The highest BCUT2D eigenvalue weighted by atomic mass is 19.4. The Kier molecular flexibility index (Phi) is 9.75. The van der Waals surface area contributed by atoms with E-state index >= 15 is 0 Å². The number of nitrogens with one attached hydrogen (secondary N) is 1. The van der Waals surface area contributed by atoms with Crippen molar-refractivity contribution in [3.63, 3.8) is 0 Å². The average molecular weight is 580 g/mol. The van der Waals surface area contributed by atoms with Crippen molar-refractivity contribution >= 4 is 24.1 Å². The topological polar surface area (TPSA) is 110 Å². The molecule has 220 valence electrons.